The normalized spacial score (nSPS) is 27.3. The van der Waals surface area contributed by atoms with Gasteiger partial charge in [-0.2, -0.15) is 5.10 Å². The number of aryl methyl sites for hydroxylation is 1. The highest BCUT2D eigenvalue weighted by Crippen LogP contribution is 2.44. The van der Waals surface area contributed by atoms with Crippen molar-refractivity contribution < 1.29 is 0 Å². The van der Waals surface area contributed by atoms with Crippen LogP contribution in [0.1, 0.15) is 54.6 Å². The molecule has 1 fully saturated rings. The number of hydrogen-bond acceptors (Lipinski definition) is 2. The highest BCUT2D eigenvalue weighted by molar-refractivity contribution is 5.35. The first-order valence-corrected chi connectivity index (χ1v) is 5.19. The number of rotatable bonds is 1. The number of nitrogens with one attached hydrogen (secondary N) is 1. The van der Waals surface area contributed by atoms with Crippen LogP contribution in [-0.2, 0) is 6.42 Å². The highest BCUT2D eigenvalue weighted by atomic mass is 15.1. The lowest BCUT2D eigenvalue weighted by atomic mass is 9.90. The largest absolute Gasteiger partial charge is 0.324 e. The summed E-state index contributed by atoms with van der Waals surface area (Å²) in [5.41, 5.74) is 10.0. The van der Waals surface area contributed by atoms with Crippen LogP contribution in [0.15, 0.2) is 0 Å². The molecular formula is C10H15N3. The van der Waals surface area contributed by atoms with Crippen molar-refractivity contribution in [3.05, 3.63) is 17.0 Å². The van der Waals surface area contributed by atoms with Crippen LogP contribution < -0.4 is 5.73 Å². The Kier molecular flexibility index (Phi) is 1.50. The fraction of sp³-hybridized carbons (Fsp3) is 0.700. The van der Waals surface area contributed by atoms with Gasteiger partial charge < -0.3 is 5.73 Å². The summed E-state index contributed by atoms with van der Waals surface area (Å²) in [6.45, 7) is 0. The first-order valence-electron chi connectivity index (χ1n) is 5.19. The van der Waals surface area contributed by atoms with E-state index in [1.54, 1.807) is 0 Å². The zero-order valence-electron chi connectivity index (χ0n) is 7.71. The summed E-state index contributed by atoms with van der Waals surface area (Å²) in [6.07, 6.45) is 6.10. The monoisotopic (exact) mass is 177 g/mol. The predicted octanol–water partition coefficient (Wildman–Crippen LogP) is 1.62. The number of nitrogens with two attached hydrogens (primary N) is 1. The van der Waals surface area contributed by atoms with Crippen molar-refractivity contribution in [2.75, 3.05) is 0 Å². The van der Waals surface area contributed by atoms with Crippen molar-refractivity contribution in [2.24, 2.45) is 5.73 Å². The van der Waals surface area contributed by atoms with E-state index in [9.17, 15) is 0 Å². The average molecular weight is 177 g/mol. The molecular weight excluding hydrogens is 162 g/mol. The molecule has 0 aliphatic heterocycles. The third-order valence-electron chi connectivity index (χ3n) is 3.19. The van der Waals surface area contributed by atoms with Crippen LogP contribution >= 0.6 is 0 Å². The molecule has 0 bridgehead atoms. The van der Waals surface area contributed by atoms with E-state index >= 15 is 0 Å². The third kappa shape index (κ3) is 1.10. The van der Waals surface area contributed by atoms with Gasteiger partial charge >= 0.3 is 0 Å². The molecule has 1 saturated carbocycles. The number of fused-ring (bicyclic) bond motifs is 1. The lowest BCUT2D eigenvalue weighted by Crippen LogP contribution is -2.17. The number of nitrogens with zero attached hydrogens (tertiary/aromatic N) is 1. The molecule has 3 heteroatoms. The molecule has 2 aliphatic rings. The van der Waals surface area contributed by atoms with Crippen molar-refractivity contribution in [1.29, 1.82) is 0 Å². The van der Waals surface area contributed by atoms with Gasteiger partial charge in [-0.1, -0.05) is 0 Å². The first-order chi connectivity index (χ1) is 6.36. The van der Waals surface area contributed by atoms with Crippen LogP contribution in [0, 0.1) is 0 Å². The second kappa shape index (κ2) is 2.58. The van der Waals surface area contributed by atoms with Crippen molar-refractivity contribution >= 4 is 0 Å². The summed E-state index contributed by atoms with van der Waals surface area (Å²) in [7, 11) is 0. The van der Waals surface area contributed by atoms with Gasteiger partial charge in [0.15, 0.2) is 0 Å². The van der Waals surface area contributed by atoms with Crippen molar-refractivity contribution in [1.82, 2.24) is 10.2 Å². The maximum atomic E-state index is 6.10. The van der Waals surface area contributed by atoms with Gasteiger partial charge in [0.05, 0.1) is 5.69 Å². The van der Waals surface area contributed by atoms with E-state index in [1.807, 2.05) is 0 Å². The van der Waals surface area contributed by atoms with E-state index in [4.69, 9.17) is 5.73 Å². The molecule has 2 aliphatic carbocycles. The summed E-state index contributed by atoms with van der Waals surface area (Å²) in [6, 6.07) is 0.248. The molecule has 0 spiro atoms. The van der Waals surface area contributed by atoms with Crippen LogP contribution in [-0.4, -0.2) is 10.2 Å². The highest BCUT2D eigenvalue weighted by Gasteiger charge is 2.33. The number of hydrogen-bond donors (Lipinski definition) is 2. The van der Waals surface area contributed by atoms with Gasteiger partial charge in [0.25, 0.3) is 0 Å². The molecule has 70 valence electrons. The SMILES string of the molecule is NC1CCCc2[nH]nc(C3CC3)c21. The molecule has 13 heavy (non-hydrogen) atoms. The van der Waals surface area contributed by atoms with Crippen LogP contribution in [0.25, 0.3) is 0 Å². The second-order valence-electron chi connectivity index (χ2n) is 4.27. The zero-order valence-corrected chi connectivity index (χ0v) is 7.71. The van der Waals surface area contributed by atoms with Gasteiger partial charge in [-0.05, 0) is 32.1 Å². The first kappa shape index (κ1) is 7.56. The molecule has 3 rings (SSSR count). The lowest BCUT2D eigenvalue weighted by Gasteiger charge is -2.18. The standard InChI is InChI=1S/C10H15N3/c11-7-2-1-3-8-9(7)10(13-12-8)6-4-5-6/h6-7H,1-5,11H2,(H,12,13). The second-order valence-corrected chi connectivity index (χ2v) is 4.27. The Morgan fingerprint density at radius 2 is 2.15 bits per heavy atom. The molecule has 0 saturated heterocycles. The zero-order chi connectivity index (χ0) is 8.84. The minimum absolute atomic E-state index is 0.248. The molecule has 0 amide bonds. The van der Waals surface area contributed by atoms with E-state index in [0.717, 1.165) is 18.8 Å². The Bertz CT molecular complexity index is 325. The maximum absolute atomic E-state index is 6.10. The molecule has 1 aromatic rings. The average Bonchev–Trinajstić information content (AvgIpc) is 2.87. The van der Waals surface area contributed by atoms with Gasteiger partial charge in [-0.25, -0.2) is 0 Å². The van der Waals surface area contributed by atoms with E-state index in [-0.39, 0.29) is 6.04 Å². The smallest absolute Gasteiger partial charge is 0.0703 e. The van der Waals surface area contributed by atoms with Gasteiger partial charge in [-0.15, -0.1) is 0 Å². The van der Waals surface area contributed by atoms with Crippen molar-refractivity contribution in [3.63, 3.8) is 0 Å². The van der Waals surface area contributed by atoms with Gasteiger partial charge in [0.2, 0.25) is 0 Å². The summed E-state index contributed by atoms with van der Waals surface area (Å²) in [4.78, 5) is 0. The summed E-state index contributed by atoms with van der Waals surface area (Å²) < 4.78 is 0. The Balaban J connectivity index is 2.06. The Morgan fingerprint density at radius 1 is 1.31 bits per heavy atom. The van der Waals surface area contributed by atoms with Crippen LogP contribution in [0.3, 0.4) is 0 Å². The molecule has 1 heterocycles. The molecule has 0 aromatic carbocycles. The minimum Gasteiger partial charge on any atom is -0.324 e. The lowest BCUT2D eigenvalue weighted by molar-refractivity contribution is 0.563. The van der Waals surface area contributed by atoms with Crippen molar-refractivity contribution in [3.8, 4) is 0 Å². The van der Waals surface area contributed by atoms with Gasteiger partial charge in [0, 0.05) is 23.2 Å². The Labute approximate surface area is 77.7 Å². The Hall–Kier alpha value is -0.830. The van der Waals surface area contributed by atoms with E-state index in [2.05, 4.69) is 10.2 Å². The number of aromatic nitrogens is 2. The molecule has 3 nitrogen and oxygen atoms in total. The van der Waals surface area contributed by atoms with Crippen LogP contribution in [0.5, 0.6) is 0 Å². The quantitative estimate of drug-likeness (QED) is 0.685. The minimum atomic E-state index is 0.248. The van der Waals surface area contributed by atoms with Gasteiger partial charge in [0.1, 0.15) is 0 Å². The molecule has 1 aromatic heterocycles. The van der Waals surface area contributed by atoms with E-state index in [1.165, 1.54) is 36.2 Å². The number of aromatic amines is 1. The van der Waals surface area contributed by atoms with Crippen LogP contribution in [0.2, 0.25) is 0 Å². The third-order valence-corrected chi connectivity index (χ3v) is 3.19. The van der Waals surface area contributed by atoms with Gasteiger partial charge in [-0.3, -0.25) is 5.10 Å². The fourth-order valence-electron chi connectivity index (χ4n) is 2.32. The predicted molar refractivity (Wildman–Crippen MR) is 50.4 cm³/mol. The van der Waals surface area contributed by atoms with Crippen LogP contribution in [0.4, 0.5) is 0 Å². The van der Waals surface area contributed by atoms with E-state index in [0.29, 0.717) is 0 Å². The van der Waals surface area contributed by atoms with Crippen molar-refractivity contribution in [2.45, 2.75) is 44.1 Å². The maximum Gasteiger partial charge on any atom is 0.0703 e. The number of H-pyrrole nitrogens is 1. The molecule has 1 atom stereocenters. The Morgan fingerprint density at radius 3 is 2.92 bits per heavy atom. The summed E-state index contributed by atoms with van der Waals surface area (Å²) in [5, 5.41) is 7.55. The summed E-state index contributed by atoms with van der Waals surface area (Å²) in [5.74, 6) is 0.726. The molecule has 3 N–H and O–H groups in total. The topological polar surface area (TPSA) is 54.7 Å². The molecule has 1 unspecified atom stereocenters. The van der Waals surface area contributed by atoms with E-state index < -0.39 is 0 Å². The fourth-order valence-corrected chi connectivity index (χ4v) is 2.32. The molecule has 0 radical (unpaired) electrons. The summed E-state index contributed by atoms with van der Waals surface area (Å²) >= 11 is 0.